The van der Waals surface area contributed by atoms with Crippen molar-refractivity contribution in [3.8, 4) is 11.8 Å². The van der Waals surface area contributed by atoms with E-state index < -0.39 is 18.0 Å². The number of amides is 1. The Hall–Kier alpha value is -2.26. The maximum absolute atomic E-state index is 12.3. The normalized spacial score (nSPS) is 15.8. The molecule has 0 atom stereocenters. The van der Waals surface area contributed by atoms with Crippen molar-refractivity contribution in [1.82, 2.24) is 0 Å². The number of carbonyl (C=O) groups is 2. The minimum absolute atomic E-state index is 0.191. The molecule has 0 aliphatic heterocycles. The number of hydrogen-bond acceptors (Lipinski definition) is 4. The van der Waals surface area contributed by atoms with Crippen LogP contribution in [0, 0.1) is 16.7 Å². The predicted molar refractivity (Wildman–Crippen MR) is 79.7 cm³/mol. The summed E-state index contributed by atoms with van der Waals surface area (Å²) in [6, 6.07) is 6.63. The van der Waals surface area contributed by atoms with Gasteiger partial charge in [-0.2, -0.15) is 5.26 Å². The summed E-state index contributed by atoms with van der Waals surface area (Å²) in [4.78, 5) is 22.7. The number of rotatable bonds is 5. The van der Waals surface area contributed by atoms with E-state index in [1.165, 1.54) is 12.1 Å². The molecule has 1 saturated carbocycles. The molecule has 1 aromatic rings. The molecule has 0 spiro atoms. The van der Waals surface area contributed by atoms with E-state index in [0.717, 1.165) is 12.8 Å². The van der Waals surface area contributed by atoms with Crippen LogP contribution in [-0.4, -0.2) is 23.6 Å². The van der Waals surface area contributed by atoms with Crippen LogP contribution in [0.1, 0.15) is 25.7 Å². The maximum atomic E-state index is 12.3. The number of nitriles is 1. The second-order valence-electron chi connectivity index (χ2n) is 5.18. The third-order valence-corrected chi connectivity index (χ3v) is 3.94. The molecule has 116 valence electrons. The van der Waals surface area contributed by atoms with Gasteiger partial charge in [0, 0.05) is 5.69 Å². The monoisotopic (exact) mass is 322 g/mol. The summed E-state index contributed by atoms with van der Waals surface area (Å²) in [6.45, 7) is -0.497. The molecular weight excluding hydrogens is 308 g/mol. The van der Waals surface area contributed by atoms with E-state index in [9.17, 15) is 14.9 Å². The Morgan fingerprint density at radius 1 is 1.41 bits per heavy atom. The van der Waals surface area contributed by atoms with Gasteiger partial charge in [0.05, 0.1) is 11.1 Å². The molecule has 0 aromatic heterocycles. The van der Waals surface area contributed by atoms with E-state index in [1.54, 1.807) is 6.07 Å². The lowest BCUT2D eigenvalue weighted by Gasteiger charge is -2.19. The van der Waals surface area contributed by atoms with Crippen molar-refractivity contribution in [2.45, 2.75) is 25.7 Å². The molecule has 1 fully saturated rings. The highest BCUT2D eigenvalue weighted by Gasteiger charge is 2.41. The van der Waals surface area contributed by atoms with E-state index in [0.29, 0.717) is 18.5 Å². The molecule has 1 aromatic carbocycles. The number of carboxylic acid groups (broad SMARTS) is 1. The molecule has 0 unspecified atom stereocenters. The SMILES string of the molecule is N#CC1(C(=O)Nc2ccc(OCC(=O)O)c(Cl)c2)CCCC1. The van der Waals surface area contributed by atoms with Crippen LogP contribution in [0.4, 0.5) is 5.69 Å². The Kier molecular flexibility index (Phi) is 4.88. The molecule has 7 heteroatoms. The minimum Gasteiger partial charge on any atom is -0.480 e. The number of aliphatic carboxylic acids is 1. The first kappa shape index (κ1) is 16.1. The molecule has 0 saturated heterocycles. The van der Waals surface area contributed by atoms with Gasteiger partial charge in [0.15, 0.2) is 6.61 Å². The number of carbonyl (C=O) groups excluding carboxylic acids is 1. The van der Waals surface area contributed by atoms with Crippen LogP contribution in [0.3, 0.4) is 0 Å². The van der Waals surface area contributed by atoms with Gasteiger partial charge >= 0.3 is 5.97 Å². The first-order valence-corrected chi connectivity index (χ1v) is 7.21. The molecule has 1 aliphatic carbocycles. The van der Waals surface area contributed by atoms with Crippen molar-refractivity contribution in [3.05, 3.63) is 23.2 Å². The van der Waals surface area contributed by atoms with Crippen LogP contribution in [0.2, 0.25) is 5.02 Å². The van der Waals surface area contributed by atoms with E-state index in [1.807, 2.05) is 0 Å². The van der Waals surface area contributed by atoms with Gasteiger partial charge in [-0.05, 0) is 31.0 Å². The highest BCUT2D eigenvalue weighted by Crippen LogP contribution is 2.38. The quantitative estimate of drug-likeness (QED) is 0.868. The van der Waals surface area contributed by atoms with Gasteiger partial charge in [0.2, 0.25) is 5.91 Å². The molecule has 6 nitrogen and oxygen atoms in total. The Bertz CT molecular complexity index is 633. The van der Waals surface area contributed by atoms with Crippen molar-refractivity contribution >= 4 is 29.2 Å². The zero-order valence-electron chi connectivity index (χ0n) is 11.8. The second kappa shape index (κ2) is 6.67. The molecule has 1 amide bonds. The van der Waals surface area contributed by atoms with Crippen LogP contribution in [0.5, 0.6) is 5.75 Å². The van der Waals surface area contributed by atoms with E-state index in [2.05, 4.69) is 11.4 Å². The highest BCUT2D eigenvalue weighted by molar-refractivity contribution is 6.32. The molecule has 2 N–H and O–H groups in total. The summed E-state index contributed by atoms with van der Waals surface area (Å²) < 4.78 is 5.00. The van der Waals surface area contributed by atoms with Crippen LogP contribution >= 0.6 is 11.6 Å². The standard InChI is InChI=1S/C15H15ClN2O4/c16-11-7-10(3-4-12(11)22-8-13(19)20)18-14(21)15(9-17)5-1-2-6-15/h3-4,7H,1-2,5-6,8H2,(H,18,21)(H,19,20). The van der Waals surface area contributed by atoms with Gasteiger partial charge < -0.3 is 15.2 Å². The number of carboxylic acids is 1. The van der Waals surface area contributed by atoms with Gasteiger partial charge in [-0.25, -0.2) is 4.79 Å². The van der Waals surface area contributed by atoms with Crippen molar-refractivity contribution in [1.29, 1.82) is 5.26 Å². The number of nitrogens with one attached hydrogen (secondary N) is 1. The number of halogens is 1. The Balaban J connectivity index is 2.07. The summed E-state index contributed by atoms with van der Waals surface area (Å²) in [5, 5.41) is 20.7. The van der Waals surface area contributed by atoms with Gasteiger partial charge in [0.1, 0.15) is 11.2 Å². The van der Waals surface area contributed by atoms with Gasteiger partial charge in [-0.3, -0.25) is 4.79 Å². The summed E-state index contributed by atoms with van der Waals surface area (Å²) in [7, 11) is 0. The summed E-state index contributed by atoms with van der Waals surface area (Å²) in [5.41, 5.74) is -0.524. The third kappa shape index (κ3) is 3.49. The smallest absolute Gasteiger partial charge is 0.341 e. The van der Waals surface area contributed by atoms with E-state index in [-0.39, 0.29) is 16.7 Å². The average molecular weight is 323 g/mol. The minimum atomic E-state index is -1.11. The summed E-state index contributed by atoms with van der Waals surface area (Å²) in [5.74, 6) is -1.22. The lowest BCUT2D eigenvalue weighted by molar-refractivity contribution is -0.139. The number of anilines is 1. The van der Waals surface area contributed by atoms with Gasteiger partial charge in [-0.15, -0.1) is 0 Å². The lowest BCUT2D eigenvalue weighted by atomic mass is 9.87. The fraction of sp³-hybridized carbons (Fsp3) is 0.400. The fourth-order valence-electron chi connectivity index (χ4n) is 2.45. The topological polar surface area (TPSA) is 99.4 Å². The second-order valence-corrected chi connectivity index (χ2v) is 5.59. The van der Waals surface area contributed by atoms with Crippen LogP contribution in [-0.2, 0) is 9.59 Å². The van der Waals surface area contributed by atoms with Crippen molar-refractivity contribution in [3.63, 3.8) is 0 Å². The number of hydrogen-bond donors (Lipinski definition) is 2. The highest BCUT2D eigenvalue weighted by atomic mass is 35.5. The van der Waals surface area contributed by atoms with Crippen LogP contribution in [0.15, 0.2) is 18.2 Å². The van der Waals surface area contributed by atoms with E-state index >= 15 is 0 Å². The number of ether oxygens (including phenoxy) is 1. The molecule has 2 rings (SSSR count). The van der Waals surface area contributed by atoms with E-state index in [4.69, 9.17) is 21.4 Å². The van der Waals surface area contributed by atoms with Crippen molar-refractivity contribution in [2.24, 2.45) is 5.41 Å². The average Bonchev–Trinajstić information content (AvgIpc) is 2.96. The Labute approximate surface area is 132 Å². The maximum Gasteiger partial charge on any atom is 0.341 e. The fourth-order valence-corrected chi connectivity index (χ4v) is 2.69. The summed E-state index contributed by atoms with van der Waals surface area (Å²) >= 11 is 5.99. The van der Waals surface area contributed by atoms with Crippen LogP contribution in [0.25, 0.3) is 0 Å². The van der Waals surface area contributed by atoms with Gasteiger partial charge in [-0.1, -0.05) is 24.4 Å². The summed E-state index contributed by atoms with van der Waals surface area (Å²) in [6.07, 6.45) is 2.85. The molecule has 1 aliphatic rings. The first-order valence-electron chi connectivity index (χ1n) is 6.84. The molecular formula is C15H15ClN2O4. The predicted octanol–water partition coefficient (Wildman–Crippen LogP) is 2.83. The molecule has 0 radical (unpaired) electrons. The lowest BCUT2D eigenvalue weighted by Crippen LogP contribution is -2.32. The molecule has 0 bridgehead atoms. The molecule has 22 heavy (non-hydrogen) atoms. The third-order valence-electron chi connectivity index (χ3n) is 3.65. The Morgan fingerprint density at radius 3 is 2.64 bits per heavy atom. The van der Waals surface area contributed by atoms with Crippen LogP contribution < -0.4 is 10.1 Å². The largest absolute Gasteiger partial charge is 0.480 e. The van der Waals surface area contributed by atoms with Gasteiger partial charge in [0.25, 0.3) is 0 Å². The zero-order chi connectivity index (χ0) is 16.2. The van der Waals surface area contributed by atoms with Crippen molar-refractivity contribution in [2.75, 3.05) is 11.9 Å². The zero-order valence-corrected chi connectivity index (χ0v) is 12.5. The first-order chi connectivity index (χ1) is 10.5. The number of nitrogens with zero attached hydrogens (tertiary/aromatic N) is 1. The molecule has 0 heterocycles. The Morgan fingerprint density at radius 2 is 2.09 bits per heavy atom. The van der Waals surface area contributed by atoms with Crippen molar-refractivity contribution < 1.29 is 19.4 Å². The number of benzene rings is 1.